The van der Waals surface area contributed by atoms with E-state index in [2.05, 4.69) is 15.3 Å². The van der Waals surface area contributed by atoms with Crippen molar-refractivity contribution >= 4 is 6.29 Å². The first kappa shape index (κ1) is 10.4. The Morgan fingerprint density at radius 3 is 2.50 bits per heavy atom. The van der Waals surface area contributed by atoms with Gasteiger partial charge in [-0.1, -0.05) is 0 Å². The predicted molar refractivity (Wildman–Crippen MR) is 46.6 cm³/mol. The van der Waals surface area contributed by atoms with Crippen molar-refractivity contribution in [2.24, 2.45) is 0 Å². The molecule has 2 aromatic rings. The second-order valence-corrected chi connectivity index (χ2v) is 2.97. The first-order chi connectivity index (χ1) is 7.54. The Balaban J connectivity index is 2.57. The number of carbonyl (C=O) groups excluding carboxylic acids is 1. The number of H-pyrrole nitrogens is 2. The van der Waals surface area contributed by atoms with Crippen molar-refractivity contribution in [2.45, 2.75) is 6.18 Å². The Morgan fingerprint density at radius 2 is 1.88 bits per heavy atom. The monoisotopic (exact) mass is 230 g/mol. The molecule has 0 aromatic carbocycles. The lowest BCUT2D eigenvalue weighted by Crippen LogP contribution is -2.07. The van der Waals surface area contributed by atoms with Gasteiger partial charge in [0, 0.05) is 0 Å². The summed E-state index contributed by atoms with van der Waals surface area (Å²) in [5, 5.41) is 11.0. The van der Waals surface area contributed by atoms with Gasteiger partial charge in [-0.2, -0.15) is 23.4 Å². The minimum absolute atomic E-state index is 0.00363. The number of aromatic amines is 2. The number of hydrogen-bond donors (Lipinski definition) is 2. The topological polar surface area (TPSA) is 74.4 Å². The molecule has 0 aliphatic carbocycles. The van der Waals surface area contributed by atoms with Crippen LogP contribution in [0.15, 0.2) is 12.4 Å². The average Bonchev–Trinajstić information content (AvgIpc) is 2.84. The summed E-state index contributed by atoms with van der Waals surface area (Å²) in [5.41, 5.74) is -1.20. The van der Waals surface area contributed by atoms with Crippen LogP contribution < -0.4 is 0 Å². The molecule has 0 amide bonds. The molecule has 84 valence electrons. The Kier molecular flexibility index (Phi) is 2.26. The van der Waals surface area contributed by atoms with Crippen LogP contribution in [0.2, 0.25) is 0 Å². The molecule has 0 bridgehead atoms. The van der Waals surface area contributed by atoms with Crippen molar-refractivity contribution in [2.75, 3.05) is 0 Å². The Labute approximate surface area is 86.7 Å². The van der Waals surface area contributed by atoms with Gasteiger partial charge in [-0.15, -0.1) is 0 Å². The molecule has 8 heteroatoms. The summed E-state index contributed by atoms with van der Waals surface area (Å²) in [7, 11) is 0. The molecule has 0 spiro atoms. The summed E-state index contributed by atoms with van der Waals surface area (Å²) < 4.78 is 37.5. The lowest BCUT2D eigenvalue weighted by atomic mass is 10.1. The van der Waals surface area contributed by atoms with E-state index in [4.69, 9.17) is 0 Å². The zero-order valence-corrected chi connectivity index (χ0v) is 7.67. The quantitative estimate of drug-likeness (QED) is 0.770. The fraction of sp³-hybridized carbons (Fsp3) is 0.125. The van der Waals surface area contributed by atoms with Crippen LogP contribution in [0.4, 0.5) is 13.2 Å². The number of nitrogens with zero attached hydrogens (tertiary/aromatic N) is 2. The molecule has 0 fully saturated rings. The van der Waals surface area contributed by atoms with Crippen LogP contribution >= 0.6 is 0 Å². The normalized spacial score (nSPS) is 11.7. The molecule has 5 nitrogen and oxygen atoms in total. The van der Waals surface area contributed by atoms with E-state index in [1.54, 1.807) is 0 Å². The highest BCUT2D eigenvalue weighted by Crippen LogP contribution is 2.35. The highest BCUT2D eigenvalue weighted by Gasteiger charge is 2.36. The first-order valence-electron chi connectivity index (χ1n) is 4.13. The molecule has 0 atom stereocenters. The highest BCUT2D eigenvalue weighted by molar-refractivity contribution is 5.85. The largest absolute Gasteiger partial charge is 0.433 e. The zero-order chi connectivity index (χ0) is 11.8. The van der Waals surface area contributed by atoms with Crippen molar-refractivity contribution in [3.63, 3.8) is 0 Å². The van der Waals surface area contributed by atoms with Gasteiger partial charge < -0.3 is 0 Å². The van der Waals surface area contributed by atoms with Gasteiger partial charge in [-0.3, -0.25) is 15.0 Å². The molecule has 16 heavy (non-hydrogen) atoms. The fourth-order valence-corrected chi connectivity index (χ4v) is 1.29. The van der Waals surface area contributed by atoms with Crippen molar-refractivity contribution in [3.8, 4) is 11.3 Å². The van der Waals surface area contributed by atoms with E-state index < -0.39 is 11.9 Å². The number of hydrogen-bond acceptors (Lipinski definition) is 3. The highest BCUT2D eigenvalue weighted by atomic mass is 19.4. The average molecular weight is 230 g/mol. The van der Waals surface area contributed by atoms with Crippen LogP contribution in [0.25, 0.3) is 11.3 Å². The number of halogens is 3. The lowest BCUT2D eigenvalue weighted by Gasteiger charge is -2.05. The van der Waals surface area contributed by atoms with E-state index >= 15 is 0 Å². The van der Waals surface area contributed by atoms with Gasteiger partial charge in [-0.25, -0.2) is 0 Å². The molecule has 0 saturated heterocycles. The SMILES string of the molecule is O=Cc1cn[nH]c1-c1cn[nH]c1C(F)(F)F. The zero-order valence-electron chi connectivity index (χ0n) is 7.67. The molecule has 2 N–H and O–H groups in total. The Bertz CT molecular complexity index is 513. The summed E-state index contributed by atoms with van der Waals surface area (Å²) in [5.74, 6) is 0. The van der Waals surface area contributed by atoms with Crippen LogP contribution in [-0.4, -0.2) is 26.7 Å². The summed E-state index contributed by atoms with van der Waals surface area (Å²) in [6.45, 7) is 0. The number of rotatable bonds is 2. The number of aldehydes is 1. The molecule has 0 unspecified atom stereocenters. The molecular formula is C8H5F3N4O. The maximum absolute atomic E-state index is 12.5. The van der Waals surface area contributed by atoms with E-state index in [0.717, 1.165) is 12.4 Å². The second kappa shape index (κ2) is 3.47. The molecular weight excluding hydrogens is 225 g/mol. The van der Waals surface area contributed by atoms with E-state index in [0.29, 0.717) is 6.29 Å². The Morgan fingerprint density at radius 1 is 1.19 bits per heavy atom. The van der Waals surface area contributed by atoms with Crippen LogP contribution in [-0.2, 0) is 6.18 Å². The van der Waals surface area contributed by atoms with Crippen molar-refractivity contribution in [1.82, 2.24) is 20.4 Å². The van der Waals surface area contributed by atoms with Crippen molar-refractivity contribution in [1.29, 1.82) is 0 Å². The van der Waals surface area contributed by atoms with E-state index in [-0.39, 0.29) is 16.8 Å². The third-order valence-corrected chi connectivity index (χ3v) is 1.99. The molecule has 0 saturated carbocycles. The molecule has 2 heterocycles. The van der Waals surface area contributed by atoms with Gasteiger partial charge in [-0.05, 0) is 0 Å². The lowest BCUT2D eigenvalue weighted by molar-refractivity contribution is -0.140. The summed E-state index contributed by atoms with van der Waals surface area (Å²) in [6, 6.07) is 0. The van der Waals surface area contributed by atoms with Gasteiger partial charge in [0.1, 0.15) is 5.69 Å². The molecule has 2 aromatic heterocycles. The van der Waals surface area contributed by atoms with Gasteiger partial charge in [0.05, 0.1) is 29.2 Å². The Hall–Kier alpha value is -2.12. The third-order valence-electron chi connectivity index (χ3n) is 1.99. The maximum Gasteiger partial charge on any atom is 0.433 e. The maximum atomic E-state index is 12.5. The molecule has 0 aliphatic heterocycles. The second-order valence-electron chi connectivity index (χ2n) is 2.97. The minimum atomic E-state index is -4.56. The van der Waals surface area contributed by atoms with Gasteiger partial charge >= 0.3 is 6.18 Å². The van der Waals surface area contributed by atoms with Crippen LogP contribution in [0.3, 0.4) is 0 Å². The number of nitrogens with one attached hydrogen (secondary N) is 2. The molecule has 0 aliphatic rings. The predicted octanol–water partition coefficient (Wildman–Crippen LogP) is 1.63. The van der Waals surface area contributed by atoms with Gasteiger partial charge in [0.2, 0.25) is 0 Å². The van der Waals surface area contributed by atoms with Crippen LogP contribution in [0.5, 0.6) is 0 Å². The van der Waals surface area contributed by atoms with Crippen LogP contribution in [0.1, 0.15) is 16.1 Å². The summed E-state index contributed by atoms with van der Waals surface area (Å²) >= 11 is 0. The number of aromatic nitrogens is 4. The minimum Gasteiger partial charge on any atom is -0.298 e. The summed E-state index contributed by atoms with van der Waals surface area (Å²) in [4.78, 5) is 10.6. The number of alkyl halides is 3. The molecule has 2 rings (SSSR count). The van der Waals surface area contributed by atoms with E-state index in [1.807, 2.05) is 5.10 Å². The number of carbonyl (C=O) groups is 1. The third kappa shape index (κ3) is 1.58. The standard InChI is InChI=1S/C8H5F3N4O/c9-8(10,11)7-5(2-13-15-7)6-4(3-16)1-12-14-6/h1-3H,(H,12,14)(H,13,15). The van der Waals surface area contributed by atoms with Gasteiger partial charge in [0.15, 0.2) is 6.29 Å². The fourth-order valence-electron chi connectivity index (χ4n) is 1.29. The van der Waals surface area contributed by atoms with Gasteiger partial charge in [0.25, 0.3) is 0 Å². The van der Waals surface area contributed by atoms with Crippen LogP contribution in [0, 0.1) is 0 Å². The molecule has 0 radical (unpaired) electrons. The smallest absolute Gasteiger partial charge is 0.298 e. The van der Waals surface area contributed by atoms with Crippen molar-refractivity contribution in [3.05, 3.63) is 23.7 Å². The van der Waals surface area contributed by atoms with E-state index in [9.17, 15) is 18.0 Å². The van der Waals surface area contributed by atoms with Crippen molar-refractivity contribution < 1.29 is 18.0 Å². The summed E-state index contributed by atoms with van der Waals surface area (Å²) in [6.07, 6.45) is -2.00. The van der Waals surface area contributed by atoms with E-state index in [1.165, 1.54) is 0 Å². The first-order valence-corrected chi connectivity index (χ1v) is 4.13.